The van der Waals surface area contributed by atoms with Crippen molar-refractivity contribution in [3.8, 4) is 11.1 Å². The van der Waals surface area contributed by atoms with Crippen LogP contribution in [0.2, 0.25) is 0 Å². The lowest BCUT2D eigenvalue weighted by atomic mass is 9.78. The summed E-state index contributed by atoms with van der Waals surface area (Å²) in [7, 11) is -3.71. The van der Waals surface area contributed by atoms with Crippen LogP contribution < -0.4 is 5.14 Å². The highest BCUT2D eigenvalue weighted by molar-refractivity contribution is 7.89. The van der Waals surface area contributed by atoms with Crippen LogP contribution in [0, 0.1) is 0 Å². The first-order valence-electron chi connectivity index (χ1n) is 10.1. The summed E-state index contributed by atoms with van der Waals surface area (Å²) in [5.74, 6) is 0.356. The first kappa shape index (κ1) is 19.6. The number of nitrogens with zero attached hydrogens (tertiary/aromatic N) is 1. The van der Waals surface area contributed by atoms with Crippen molar-refractivity contribution in [2.75, 3.05) is 26.3 Å². The quantitative estimate of drug-likeness (QED) is 0.854. The fraction of sp³-hybridized carbons (Fsp3) is 0.455. The fourth-order valence-electron chi connectivity index (χ4n) is 4.63. The highest BCUT2D eigenvalue weighted by Crippen LogP contribution is 2.40. The molecule has 0 radical (unpaired) electrons. The van der Waals surface area contributed by atoms with Gasteiger partial charge in [-0.25, -0.2) is 13.6 Å². The second kappa shape index (κ2) is 8.33. The number of benzene rings is 2. The van der Waals surface area contributed by atoms with Crippen molar-refractivity contribution in [2.24, 2.45) is 5.14 Å². The van der Waals surface area contributed by atoms with Crippen molar-refractivity contribution in [1.82, 2.24) is 4.90 Å². The molecule has 0 unspecified atom stereocenters. The maximum atomic E-state index is 11.9. The Hall–Kier alpha value is -1.73. The molecule has 5 nitrogen and oxygen atoms in total. The number of hydrogen-bond acceptors (Lipinski definition) is 4. The third kappa shape index (κ3) is 4.30. The Kier molecular flexibility index (Phi) is 5.83. The van der Waals surface area contributed by atoms with Crippen molar-refractivity contribution < 1.29 is 13.2 Å². The van der Waals surface area contributed by atoms with Gasteiger partial charge in [-0.15, -0.1) is 0 Å². The molecule has 2 aromatic rings. The Morgan fingerprint density at radius 3 is 2.25 bits per heavy atom. The van der Waals surface area contributed by atoms with Crippen LogP contribution in [0.1, 0.15) is 37.2 Å². The normalized spacial score (nSPS) is 24.2. The van der Waals surface area contributed by atoms with Crippen LogP contribution in [0.3, 0.4) is 0 Å². The maximum Gasteiger partial charge on any atom is 0.238 e. The molecule has 28 heavy (non-hydrogen) atoms. The minimum atomic E-state index is -3.71. The molecule has 0 amide bonds. The summed E-state index contributed by atoms with van der Waals surface area (Å²) in [6.07, 6.45) is 4.41. The van der Waals surface area contributed by atoms with Crippen LogP contribution in [0.15, 0.2) is 53.4 Å². The largest absolute Gasteiger partial charge is 0.379 e. The van der Waals surface area contributed by atoms with E-state index in [1.165, 1.54) is 0 Å². The molecule has 1 saturated heterocycles. The van der Waals surface area contributed by atoms with Crippen LogP contribution in [-0.2, 0) is 14.8 Å². The lowest BCUT2D eigenvalue weighted by Crippen LogP contribution is -2.44. The smallest absolute Gasteiger partial charge is 0.238 e. The average Bonchev–Trinajstić information content (AvgIpc) is 2.74. The van der Waals surface area contributed by atoms with Crippen LogP contribution in [-0.4, -0.2) is 45.7 Å². The summed E-state index contributed by atoms with van der Waals surface area (Å²) >= 11 is 0. The standard InChI is InChI=1S/C22H28N2O3S/c23-28(25,26)20-10-11-21(17-4-2-1-3-5-17)22(16-20)18-6-8-19(9-7-18)24-12-14-27-15-13-24/h1-5,10-11,16,18-19H,6-9,12-15H2,(H2,23,25,26). The number of primary sulfonamides is 1. The summed E-state index contributed by atoms with van der Waals surface area (Å²) in [6.45, 7) is 3.69. The van der Waals surface area contributed by atoms with E-state index in [0.29, 0.717) is 12.0 Å². The van der Waals surface area contributed by atoms with E-state index in [1.807, 2.05) is 24.3 Å². The molecular formula is C22H28N2O3S. The van der Waals surface area contributed by atoms with Crippen LogP contribution in [0.25, 0.3) is 11.1 Å². The van der Waals surface area contributed by atoms with E-state index in [4.69, 9.17) is 9.88 Å². The molecule has 2 aliphatic rings. The van der Waals surface area contributed by atoms with Gasteiger partial charge >= 0.3 is 0 Å². The summed E-state index contributed by atoms with van der Waals surface area (Å²) in [4.78, 5) is 2.76. The Labute approximate surface area is 167 Å². The summed E-state index contributed by atoms with van der Waals surface area (Å²) in [5.41, 5.74) is 3.34. The number of rotatable bonds is 4. The minimum absolute atomic E-state index is 0.206. The van der Waals surface area contributed by atoms with Gasteiger partial charge < -0.3 is 4.74 Å². The van der Waals surface area contributed by atoms with Gasteiger partial charge in [0.25, 0.3) is 0 Å². The summed E-state index contributed by atoms with van der Waals surface area (Å²) < 4.78 is 29.3. The zero-order valence-corrected chi connectivity index (χ0v) is 16.9. The van der Waals surface area contributed by atoms with Crippen molar-refractivity contribution >= 4 is 10.0 Å². The monoisotopic (exact) mass is 400 g/mol. The minimum Gasteiger partial charge on any atom is -0.379 e. The van der Waals surface area contributed by atoms with Crippen LogP contribution in [0.4, 0.5) is 0 Å². The van der Waals surface area contributed by atoms with Gasteiger partial charge in [-0.1, -0.05) is 36.4 Å². The van der Waals surface area contributed by atoms with Gasteiger partial charge in [0.05, 0.1) is 18.1 Å². The van der Waals surface area contributed by atoms with Crippen LogP contribution in [0.5, 0.6) is 0 Å². The third-order valence-electron chi connectivity index (χ3n) is 6.13. The van der Waals surface area contributed by atoms with Gasteiger partial charge in [0, 0.05) is 19.1 Å². The number of nitrogens with two attached hydrogens (primary N) is 1. The SMILES string of the molecule is NS(=O)(=O)c1ccc(-c2ccccc2)c(C2CCC(N3CCOCC3)CC2)c1. The molecule has 2 fully saturated rings. The highest BCUT2D eigenvalue weighted by Gasteiger charge is 2.29. The predicted octanol–water partition coefficient (Wildman–Crippen LogP) is 3.36. The summed E-state index contributed by atoms with van der Waals surface area (Å²) in [5, 5.41) is 5.42. The second-order valence-electron chi connectivity index (χ2n) is 7.81. The van der Waals surface area contributed by atoms with Crippen molar-refractivity contribution in [3.63, 3.8) is 0 Å². The molecule has 1 heterocycles. The van der Waals surface area contributed by atoms with E-state index in [0.717, 1.165) is 68.7 Å². The molecule has 1 aliphatic heterocycles. The lowest BCUT2D eigenvalue weighted by molar-refractivity contribution is 0.00730. The van der Waals surface area contributed by atoms with Crippen LogP contribution >= 0.6 is 0 Å². The zero-order valence-electron chi connectivity index (χ0n) is 16.1. The van der Waals surface area contributed by atoms with Gasteiger partial charge in [0.2, 0.25) is 10.0 Å². The second-order valence-corrected chi connectivity index (χ2v) is 9.38. The molecule has 1 aliphatic carbocycles. The van der Waals surface area contributed by atoms with E-state index >= 15 is 0 Å². The summed E-state index contributed by atoms with van der Waals surface area (Å²) in [6, 6.07) is 16.1. The predicted molar refractivity (Wildman–Crippen MR) is 111 cm³/mol. The maximum absolute atomic E-state index is 11.9. The van der Waals surface area contributed by atoms with E-state index in [9.17, 15) is 8.42 Å². The first-order valence-corrected chi connectivity index (χ1v) is 11.6. The first-order chi connectivity index (χ1) is 13.5. The van der Waals surface area contributed by atoms with E-state index < -0.39 is 10.0 Å². The Morgan fingerprint density at radius 1 is 0.929 bits per heavy atom. The van der Waals surface area contributed by atoms with Gasteiger partial charge in [0.1, 0.15) is 0 Å². The number of hydrogen-bond donors (Lipinski definition) is 1. The third-order valence-corrected chi connectivity index (χ3v) is 7.05. The molecule has 0 atom stereocenters. The Balaban J connectivity index is 1.60. The molecule has 2 aromatic carbocycles. The van der Waals surface area contributed by atoms with E-state index in [-0.39, 0.29) is 4.90 Å². The van der Waals surface area contributed by atoms with Crippen molar-refractivity contribution in [3.05, 3.63) is 54.1 Å². The van der Waals surface area contributed by atoms with Crippen molar-refractivity contribution in [2.45, 2.75) is 42.5 Å². The number of ether oxygens (including phenoxy) is 1. The fourth-order valence-corrected chi connectivity index (χ4v) is 5.18. The molecule has 0 spiro atoms. The molecular weight excluding hydrogens is 372 g/mol. The molecule has 0 aromatic heterocycles. The number of sulfonamides is 1. The van der Waals surface area contributed by atoms with Gasteiger partial charge in [0.15, 0.2) is 0 Å². The Morgan fingerprint density at radius 2 is 1.61 bits per heavy atom. The van der Waals surface area contributed by atoms with Gasteiger partial charge in [-0.2, -0.15) is 0 Å². The molecule has 4 rings (SSSR count). The molecule has 150 valence electrons. The molecule has 2 N–H and O–H groups in total. The average molecular weight is 401 g/mol. The highest BCUT2D eigenvalue weighted by atomic mass is 32.2. The molecule has 0 bridgehead atoms. The van der Waals surface area contributed by atoms with Gasteiger partial charge in [-0.3, -0.25) is 4.90 Å². The zero-order chi connectivity index (χ0) is 19.6. The van der Waals surface area contributed by atoms with E-state index in [1.54, 1.807) is 12.1 Å². The topological polar surface area (TPSA) is 72.6 Å². The molecule has 6 heteroatoms. The Bertz CT molecular complexity index is 901. The lowest BCUT2D eigenvalue weighted by Gasteiger charge is -2.39. The number of morpholine rings is 1. The van der Waals surface area contributed by atoms with Crippen molar-refractivity contribution in [1.29, 1.82) is 0 Å². The van der Waals surface area contributed by atoms with Gasteiger partial charge in [-0.05, 0) is 60.4 Å². The van der Waals surface area contributed by atoms with E-state index in [2.05, 4.69) is 17.0 Å². The molecule has 1 saturated carbocycles.